The van der Waals surface area contributed by atoms with Gasteiger partial charge >= 0.3 is 0 Å². The fraction of sp³-hybridized carbons (Fsp3) is 0.143. The number of aliphatic hydroxyl groups excluding tert-OH is 1. The molecule has 2 rings (SSSR count). The Morgan fingerprint density at radius 3 is 2.85 bits per heavy atom. The Balaban J connectivity index is 2.23. The van der Waals surface area contributed by atoms with E-state index in [0.717, 1.165) is 6.07 Å². The van der Waals surface area contributed by atoms with Gasteiger partial charge in [0.2, 0.25) is 5.88 Å². The molecule has 0 amide bonds. The minimum Gasteiger partial charge on any atom is -0.464 e. The van der Waals surface area contributed by atoms with Crippen molar-refractivity contribution in [3.05, 3.63) is 42.2 Å². The molecule has 0 unspecified atom stereocenters. The molecule has 2 aromatic rings. The van der Waals surface area contributed by atoms with Crippen LogP contribution in [-0.4, -0.2) is 28.3 Å². The van der Waals surface area contributed by atoms with Gasteiger partial charge in [0, 0.05) is 11.6 Å². The zero-order valence-corrected chi connectivity index (χ0v) is 10.3. The molecule has 0 spiro atoms. The summed E-state index contributed by atoms with van der Waals surface area (Å²) in [7, 11) is 0. The van der Waals surface area contributed by atoms with E-state index in [1.165, 1.54) is 24.5 Å². The third kappa shape index (κ3) is 3.28. The molecule has 0 atom stereocenters. The van der Waals surface area contributed by atoms with Crippen molar-refractivity contribution in [2.45, 2.75) is 0 Å². The number of halogens is 2. The molecule has 102 valence electrons. The van der Waals surface area contributed by atoms with E-state index in [1.807, 2.05) is 0 Å². The van der Waals surface area contributed by atoms with Gasteiger partial charge in [-0.1, -0.05) is 17.9 Å². The van der Waals surface area contributed by atoms with E-state index < -0.39 is 11.6 Å². The summed E-state index contributed by atoms with van der Waals surface area (Å²) in [4.78, 5) is 7.72. The van der Waals surface area contributed by atoms with Gasteiger partial charge in [-0.2, -0.15) is 0 Å². The van der Waals surface area contributed by atoms with E-state index >= 15 is 0 Å². The molecule has 20 heavy (non-hydrogen) atoms. The van der Waals surface area contributed by atoms with Crippen LogP contribution in [0.3, 0.4) is 0 Å². The molecule has 0 aliphatic heterocycles. The Bertz CT molecular complexity index is 666. The van der Waals surface area contributed by atoms with Crippen molar-refractivity contribution < 1.29 is 18.6 Å². The molecule has 0 aliphatic carbocycles. The number of nitrogens with zero attached hydrogens (tertiary/aromatic N) is 2. The molecule has 0 saturated heterocycles. The molecule has 0 aliphatic rings. The first-order chi connectivity index (χ1) is 9.72. The second-order valence-corrected chi connectivity index (χ2v) is 3.64. The zero-order valence-electron chi connectivity index (χ0n) is 10.3. The molecule has 4 nitrogen and oxygen atoms in total. The first-order valence-corrected chi connectivity index (χ1v) is 5.68. The quantitative estimate of drug-likeness (QED) is 0.868. The molecular weight excluding hydrogens is 266 g/mol. The SMILES string of the molecule is OCC#CCOc1cc(-c2cccc(F)c2F)ncn1. The molecular formula is C14H10F2N2O2. The van der Waals surface area contributed by atoms with Gasteiger partial charge in [0.15, 0.2) is 18.2 Å². The highest BCUT2D eigenvalue weighted by Crippen LogP contribution is 2.24. The van der Waals surface area contributed by atoms with Gasteiger partial charge in [-0.05, 0) is 12.1 Å². The summed E-state index contributed by atoms with van der Waals surface area (Å²) in [6.45, 7) is -0.227. The highest BCUT2D eigenvalue weighted by atomic mass is 19.2. The van der Waals surface area contributed by atoms with Crippen molar-refractivity contribution >= 4 is 0 Å². The molecule has 0 fully saturated rings. The maximum atomic E-state index is 13.6. The maximum Gasteiger partial charge on any atom is 0.217 e. The summed E-state index contributed by atoms with van der Waals surface area (Å²) in [6.07, 6.45) is 1.19. The second-order valence-electron chi connectivity index (χ2n) is 3.64. The van der Waals surface area contributed by atoms with Crippen LogP contribution in [0.4, 0.5) is 8.78 Å². The monoisotopic (exact) mass is 276 g/mol. The van der Waals surface area contributed by atoms with E-state index in [1.54, 1.807) is 0 Å². The van der Waals surface area contributed by atoms with Crippen LogP contribution in [0.15, 0.2) is 30.6 Å². The standard InChI is InChI=1S/C14H10F2N2O2/c15-11-5-3-4-10(14(11)16)12-8-13(18-9-17-12)20-7-2-1-6-19/h3-5,8-9,19H,6-7H2. The first kappa shape index (κ1) is 13.9. The Morgan fingerprint density at radius 1 is 1.20 bits per heavy atom. The van der Waals surface area contributed by atoms with Crippen LogP contribution in [0.2, 0.25) is 0 Å². The average molecular weight is 276 g/mol. The van der Waals surface area contributed by atoms with Crippen LogP contribution < -0.4 is 4.74 Å². The molecule has 0 saturated carbocycles. The third-order valence-electron chi connectivity index (χ3n) is 2.37. The minimum atomic E-state index is -0.975. The molecule has 0 radical (unpaired) electrons. The van der Waals surface area contributed by atoms with Gasteiger partial charge in [0.1, 0.15) is 12.9 Å². The van der Waals surface area contributed by atoms with E-state index in [-0.39, 0.29) is 30.4 Å². The lowest BCUT2D eigenvalue weighted by Crippen LogP contribution is -1.99. The fourth-order valence-corrected chi connectivity index (χ4v) is 1.48. The van der Waals surface area contributed by atoms with E-state index in [9.17, 15) is 8.78 Å². The van der Waals surface area contributed by atoms with Crippen LogP contribution in [0, 0.1) is 23.5 Å². The van der Waals surface area contributed by atoms with Gasteiger partial charge < -0.3 is 9.84 Å². The fourth-order valence-electron chi connectivity index (χ4n) is 1.48. The van der Waals surface area contributed by atoms with E-state index in [2.05, 4.69) is 21.8 Å². The van der Waals surface area contributed by atoms with Crippen LogP contribution in [0.5, 0.6) is 5.88 Å². The van der Waals surface area contributed by atoms with Crippen molar-refractivity contribution in [2.24, 2.45) is 0 Å². The Labute approximate surface area is 114 Å². The summed E-state index contributed by atoms with van der Waals surface area (Å²) < 4.78 is 32.0. The molecule has 1 aromatic heterocycles. The molecule has 0 bridgehead atoms. The van der Waals surface area contributed by atoms with Crippen molar-refractivity contribution in [2.75, 3.05) is 13.2 Å². The van der Waals surface area contributed by atoms with Gasteiger partial charge in [-0.25, -0.2) is 18.7 Å². The smallest absolute Gasteiger partial charge is 0.217 e. The molecule has 1 aromatic carbocycles. The second kappa shape index (κ2) is 6.59. The number of rotatable bonds is 3. The summed E-state index contributed by atoms with van der Waals surface area (Å²) in [6, 6.07) is 5.22. The van der Waals surface area contributed by atoms with Gasteiger partial charge in [0.05, 0.1) is 5.69 Å². The predicted octanol–water partition coefficient (Wildman–Crippen LogP) is 1.80. The van der Waals surface area contributed by atoms with Gasteiger partial charge in [-0.3, -0.25) is 0 Å². The van der Waals surface area contributed by atoms with Crippen molar-refractivity contribution in [1.29, 1.82) is 0 Å². The lowest BCUT2D eigenvalue weighted by atomic mass is 10.1. The summed E-state index contributed by atoms with van der Waals surface area (Å²) in [5, 5.41) is 8.48. The van der Waals surface area contributed by atoms with Crippen LogP contribution >= 0.6 is 0 Å². The molecule has 1 heterocycles. The number of aromatic nitrogens is 2. The summed E-state index contributed by atoms with van der Waals surface area (Å²) in [5.74, 6) is 3.22. The average Bonchev–Trinajstić information content (AvgIpc) is 2.47. The number of ether oxygens (including phenoxy) is 1. The number of hydrogen-bond donors (Lipinski definition) is 1. The van der Waals surface area contributed by atoms with Crippen LogP contribution in [-0.2, 0) is 0 Å². The highest BCUT2D eigenvalue weighted by Gasteiger charge is 2.11. The summed E-state index contributed by atoms with van der Waals surface area (Å²) in [5.41, 5.74) is 0.237. The van der Waals surface area contributed by atoms with E-state index in [0.29, 0.717) is 0 Å². The topological polar surface area (TPSA) is 55.2 Å². The Morgan fingerprint density at radius 2 is 2.05 bits per heavy atom. The lowest BCUT2D eigenvalue weighted by Gasteiger charge is -2.05. The predicted molar refractivity (Wildman–Crippen MR) is 67.7 cm³/mol. The zero-order chi connectivity index (χ0) is 14.4. The minimum absolute atomic E-state index is 0.0266. The van der Waals surface area contributed by atoms with E-state index in [4.69, 9.17) is 9.84 Å². The van der Waals surface area contributed by atoms with Crippen LogP contribution in [0.25, 0.3) is 11.3 Å². The normalized spacial score (nSPS) is 9.75. The molecule has 6 heteroatoms. The Hall–Kier alpha value is -2.52. The maximum absolute atomic E-state index is 13.6. The first-order valence-electron chi connectivity index (χ1n) is 5.68. The third-order valence-corrected chi connectivity index (χ3v) is 2.37. The number of benzene rings is 1. The number of aliphatic hydroxyl groups is 1. The lowest BCUT2D eigenvalue weighted by molar-refractivity contribution is 0.344. The van der Waals surface area contributed by atoms with Crippen molar-refractivity contribution in [3.63, 3.8) is 0 Å². The van der Waals surface area contributed by atoms with Crippen molar-refractivity contribution in [3.8, 4) is 29.0 Å². The number of hydrogen-bond acceptors (Lipinski definition) is 4. The van der Waals surface area contributed by atoms with Crippen molar-refractivity contribution in [1.82, 2.24) is 9.97 Å². The molecule has 1 N–H and O–H groups in total. The highest BCUT2D eigenvalue weighted by molar-refractivity contribution is 5.60. The summed E-state index contributed by atoms with van der Waals surface area (Å²) >= 11 is 0. The van der Waals surface area contributed by atoms with Gasteiger partial charge in [-0.15, -0.1) is 0 Å². The van der Waals surface area contributed by atoms with Crippen LogP contribution in [0.1, 0.15) is 0 Å². The largest absolute Gasteiger partial charge is 0.464 e. The van der Waals surface area contributed by atoms with Gasteiger partial charge in [0.25, 0.3) is 0 Å². The Kier molecular flexibility index (Phi) is 4.58.